The Balaban J connectivity index is 1.71. The second kappa shape index (κ2) is 8.25. The third-order valence-corrected chi connectivity index (χ3v) is 5.39. The zero-order valence-corrected chi connectivity index (χ0v) is 17.7. The van der Waals surface area contributed by atoms with E-state index in [0.717, 1.165) is 36.4 Å². The predicted octanol–water partition coefficient (Wildman–Crippen LogP) is 3.58. The first-order chi connectivity index (χ1) is 15.1. The highest BCUT2D eigenvalue weighted by Gasteiger charge is 2.30. The number of hydrogen-bond acceptors (Lipinski definition) is 4. The number of benzene rings is 1. The number of rotatable bonds is 4. The second-order valence-corrected chi connectivity index (χ2v) is 7.90. The summed E-state index contributed by atoms with van der Waals surface area (Å²) in [5, 5.41) is 6.85. The van der Waals surface area contributed by atoms with Crippen LogP contribution in [0.1, 0.15) is 41.1 Å². The highest BCUT2D eigenvalue weighted by molar-refractivity contribution is 5.90. The number of halogens is 3. The molecule has 1 aromatic carbocycles. The second-order valence-electron chi connectivity index (χ2n) is 7.90. The van der Waals surface area contributed by atoms with E-state index in [0.29, 0.717) is 24.1 Å². The van der Waals surface area contributed by atoms with Crippen LogP contribution >= 0.6 is 0 Å². The van der Waals surface area contributed by atoms with Gasteiger partial charge in [-0.15, -0.1) is 0 Å². The predicted molar refractivity (Wildman–Crippen MR) is 112 cm³/mol. The molecule has 2 aromatic heterocycles. The lowest BCUT2D eigenvalue weighted by Crippen LogP contribution is -2.36. The molecule has 32 heavy (non-hydrogen) atoms. The lowest BCUT2D eigenvalue weighted by atomic mass is 9.97. The number of carbonyl (C=O) groups is 1. The number of fused-ring (bicyclic) bond motifs is 1. The quantitative estimate of drug-likeness (QED) is 0.666. The van der Waals surface area contributed by atoms with Crippen LogP contribution in [0.15, 0.2) is 35.1 Å². The van der Waals surface area contributed by atoms with Crippen molar-refractivity contribution < 1.29 is 18.0 Å². The molecule has 0 saturated carbocycles. The van der Waals surface area contributed by atoms with Crippen molar-refractivity contribution in [2.24, 2.45) is 0 Å². The number of aromatic nitrogens is 4. The summed E-state index contributed by atoms with van der Waals surface area (Å²) in [7, 11) is 0. The Morgan fingerprint density at radius 3 is 2.59 bits per heavy atom. The fourth-order valence-electron chi connectivity index (χ4n) is 3.93. The third kappa shape index (κ3) is 4.30. The molecular weight excluding hydrogens is 423 g/mol. The minimum atomic E-state index is -4.53. The molecule has 4 rings (SSSR count). The van der Waals surface area contributed by atoms with Crippen LogP contribution in [0.5, 0.6) is 0 Å². The van der Waals surface area contributed by atoms with Crippen molar-refractivity contribution in [3.63, 3.8) is 0 Å². The van der Waals surface area contributed by atoms with Gasteiger partial charge in [-0.3, -0.25) is 14.2 Å². The summed E-state index contributed by atoms with van der Waals surface area (Å²) in [5.74, 6) is -0.410. The van der Waals surface area contributed by atoms with Gasteiger partial charge in [0.05, 0.1) is 17.0 Å². The molecule has 0 fully saturated rings. The topological polar surface area (TPSA) is 81.8 Å². The number of nitrogens with zero attached hydrogens (tertiary/aromatic N) is 4. The van der Waals surface area contributed by atoms with Crippen molar-refractivity contribution in [1.29, 1.82) is 0 Å². The van der Waals surface area contributed by atoms with E-state index in [2.05, 4.69) is 15.4 Å². The molecule has 2 heterocycles. The number of anilines is 1. The van der Waals surface area contributed by atoms with E-state index in [9.17, 15) is 22.8 Å². The lowest BCUT2D eigenvalue weighted by Gasteiger charge is -2.20. The Kier molecular flexibility index (Phi) is 5.62. The highest BCUT2D eigenvalue weighted by atomic mass is 19.4. The largest absolute Gasteiger partial charge is 0.416 e. The summed E-state index contributed by atoms with van der Waals surface area (Å²) >= 11 is 0. The van der Waals surface area contributed by atoms with Gasteiger partial charge in [-0.1, -0.05) is 6.07 Å². The van der Waals surface area contributed by atoms with Crippen LogP contribution in [0.2, 0.25) is 0 Å². The van der Waals surface area contributed by atoms with Crippen molar-refractivity contribution in [2.75, 3.05) is 5.32 Å². The summed E-state index contributed by atoms with van der Waals surface area (Å²) < 4.78 is 41.7. The Morgan fingerprint density at radius 1 is 1.16 bits per heavy atom. The van der Waals surface area contributed by atoms with Gasteiger partial charge < -0.3 is 5.32 Å². The lowest BCUT2D eigenvalue weighted by molar-refractivity contribution is -0.137. The molecule has 3 aromatic rings. The average molecular weight is 445 g/mol. The number of nitrogens with one attached hydrogen (secondary N) is 1. The smallest absolute Gasteiger partial charge is 0.325 e. The molecule has 0 radical (unpaired) electrons. The molecule has 0 atom stereocenters. The first kappa shape index (κ1) is 21.8. The molecule has 0 aliphatic heterocycles. The normalized spacial score (nSPS) is 13.7. The molecule has 1 amide bonds. The summed E-state index contributed by atoms with van der Waals surface area (Å²) in [6, 6.07) is 6.19. The number of alkyl halides is 3. The summed E-state index contributed by atoms with van der Waals surface area (Å²) in [6.45, 7) is 3.23. The Morgan fingerprint density at radius 2 is 1.91 bits per heavy atom. The molecule has 10 heteroatoms. The van der Waals surface area contributed by atoms with Gasteiger partial charge in [0.25, 0.3) is 5.56 Å². The zero-order chi connectivity index (χ0) is 23.0. The minimum absolute atomic E-state index is 0.00328. The van der Waals surface area contributed by atoms with Gasteiger partial charge in [-0.25, -0.2) is 9.67 Å². The van der Waals surface area contributed by atoms with E-state index < -0.39 is 24.2 Å². The van der Waals surface area contributed by atoms with Crippen molar-refractivity contribution in [3.05, 3.63) is 68.9 Å². The molecule has 1 aliphatic carbocycles. The Labute approximate surface area is 181 Å². The van der Waals surface area contributed by atoms with Crippen LogP contribution in [0.4, 0.5) is 18.9 Å². The number of aryl methyl sites for hydroxylation is 3. The third-order valence-electron chi connectivity index (χ3n) is 5.39. The molecule has 0 unspecified atom stereocenters. The number of hydrogen-bond donors (Lipinski definition) is 1. The average Bonchev–Trinajstić information content (AvgIpc) is 3.07. The summed E-state index contributed by atoms with van der Waals surface area (Å²) in [5.41, 5.74) is 1.57. The van der Waals surface area contributed by atoms with Crippen molar-refractivity contribution in [3.8, 4) is 5.95 Å². The van der Waals surface area contributed by atoms with E-state index in [1.807, 2.05) is 19.9 Å². The van der Waals surface area contributed by atoms with Crippen LogP contribution in [0, 0.1) is 13.8 Å². The van der Waals surface area contributed by atoms with E-state index in [1.165, 1.54) is 21.4 Å². The van der Waals surface area contributed by atoms with Gasteiger partial charge in [-0.05, 0) is 63.8 Å². The van der Waals surface area contributed by atoms with E-state index >= 15 is 0 Å². The maximum absolute atomic E-state index is 13.3. The van der Waals surface area contributed by atoms with Gasteiger partial charge in [0.1, 0.15) is 6.54 Å². The number of amides is 1. The molecule has 0 spiro atoms. The van der Waals surface area contributed by atoms with Crippen LogP contribution in [0.3, 0.4) is 0 Å². The molecule has 168 valence electrons. The van der Waals surface area contributed by atoms with Crippen molar-refractivity contribution >= 4 is 11.6 Å². The van der Waals surface area contributed by atoms with E-state index in [-0.39, 0.29) is 17.2 Å². The molecule has 1 N–H and O–H groups in total. The van der Waals surface area contributed by atoms with Crippen molar-refractivity contribution in [2.45, 2.75) is 52.3 Å². The summed E-state index contributed by atoms with van der Waals surface area (Å²) in [6.07, 6.45) is -1.49. The Bertz CT molecular complexity index is 1240. The van der Waals surface area contributed by atoms with E-state index in [4.69, 9.17) is 0 Å². The van der Waals surface area contributed by atoms with Gasteiger partial charge in [0.15, 0.2) is 0 Å². The fraction of sp³-hybridized carbons (Fsp3) is 0.364. The first-order valence-electron chi connectivity index (χ1n) is 10.3. The Hall–Kier alpha value is -3.43. The monoisotopic (exact) mass is 445 g/mol. The molecule has 7 nitrogen and oxygen atoms in total. The van der Waals surface area contributed by atoms with Crippen molar-refractivity contribution in [1.82, 2.24) is 19.3 Å². The molecule has 1 aliphatic rings. The van der Waals surface area contributed by atoms with Gasteiger partial charge in [0, 0.05) is 16.9 Å². The van der Waals surface area contributed by atoms with Crippen LogP contribution in [-0.4, -0.2) is 25.2 Å². The molecule has 0 bridgehead atoms. The van der Waals surface area contributed by atoms with Crippen LogP contribution in [-0.2, 0) is 30.4 Å². The number of carbonyl (C=O) groups excluding carboxylic acids is 1. The van der Waals surface area contributed by atoms with E-state index in [1.54, 1.807) is 0 Å². The standard InChI is InChI=1S/C22H22F3N5O2/c1-13-10-14(2)30(28-13)21-27-18-9-4-3-8-17(18)20(32)29(21)12-19(31)26-16-7-5-6-15(11-16)22(23,24)25/h5-7,10-11H,3-4,8-9,12H2,1-2H3,(H,26,31). The van der Waals surface area contributed by atoms with Crippen LogP contribution < -0.4 is 10.9 Å². The van der Waals surface area contributed by atoms with Gasteiger partial charge in [0.2, 0.25) is 11.9 Å². The minimum Gasteiger partial charge on any atom is -0.325 e. The molecule has 0 saturated heterocycles. The SMILES string of the molecule is Cc1cc(C)n(-c2nc3c(c(=O)n2CC(=O)Nc2cccc(C(F)(F)F)c2)CCCC3)n1. The maximum atomic E-state index is 13.3. The van der Waals surface area contributed by atoms with Gasteiger partial charge in [-0.2, -0.15) is 18.3 Å². The van der Waals surface area contributed by atoms with Crippen LogP contribution in [0.25, 0.3) is 5.95 Å². The van der Waals surface area contributed by atoms with Gasteiger partial charge >= 0.3 is 6.18 Å². The highest BCUT2D eigenvalue weighted by Crippen LogP contribution is 2.30. The maximum Gasteiger partial charge on any atom is 0.416 e. The molecular formula is C22H22F3N5O2. The fourth-order valence-corrected chi connectivity index (χ4v) is 3.93. The zero-order valence-electron chi connectivity index (χ0n) is 17.7. The summed E-state index contributed by atoms with van der Waals surface area (Å²) in [4.78, 5) is 30.6. The first-order valence-corrected chi connectivity index (χ1v) is 10.3.